The molecule has 0 aliphatic heterocycles. The summed E-state index contributed by atoms with van der Waals surface area (Å²) in [5.41, 5.74) is 0.137. The molecule has 0 saturated carbocycles. The smallest absolute Gasteiger partial charge is 0.336 e. The summed E-state index contributed by atoms with van der Waals surface area (Å²) >= 11 is 0. The Morgan fingerprint density at radius 2 is 1.59 bits per heavy atom. The third-order valence-electron chi connectivity index (χ3n) is 5.60. The highest BCUT2D eigenvalue weighted by Gasteiger charge is 2.23. The Bertz CT molecular complexity index is 1550. The predicted octanol–water partition coefficient (Wildman–Crippen LogP) is 5.36. The van der Waals surface area contributed by atoms with Crippen LogP contribution < -0.4 is 20.1 Å². The summed E-state index contributed by atoms with van der Waals surface area (Å²) in [5.74, 6) is -1.79. The van der Waals surface area contributed by atoms with Gasteiger partial charge in [-0.25, -0.2) is 4.79 Å². The zero-order valence-electron chi connectivity index (χ0n) is 19.9. The molecule has 3 N–H and O–H groups in total. The fraction of sp³-hybridized carbons (Fsp3) is 0.0714. The van der Waals surface area contributed by atoms with E-state index < -0.39 is 23.2 Å². The number of carboxylic acids is 1. The van der Waals surface area contributed by atoms with Crippen LogP contribution in [0.1, 0.15) is 38.0 Å². The van der Waals surface area contributed by atoms with Crippen LogP contribution >= 0.6 is 0 Å². The molecule has 0 spiro atoms. The first kappa shape index (κ1) is 24.9. The van der Waals surface area contributed by atoms with Gasteiger partial charge in [-0.05, 0) is 60.2 Å². The van der Waals surface area contributed by atoms with Crippen molar-refractivity contribution in [1.29, 1.82) is 0 Å². The fourth-order valence-electron chi connectivity index (χ4n) is 3.82. The average molecular weight is 498 g/mol. The molecule has 4 rings (SSSR count). The molecule has 0 fully saturated rings. The summed E-state index contributed by atoms with van der Waals surface area (Å²) in [6.45, 7) is 1.29. The molecule has 9 nitrogen and oxygen atoms in total. The number of aromatic carboxylic acids is 1. The number of ether oxygens (including phenoxy) is 2. The van der Waals surface area contributed by atoms with Crippen LogP contribution in [0, 0.1) is 0 Å². The minimum atomic E-state index is -1.42. The van der Waals surface area contributed by atoms with Crippen LogP contribution in [0.25, 0.3) is 10.8 Å². The van der Waals surface area contributed by atoms with Crippen molar-refractivity contribution in [2.75, 3.05) is 17.7 Å². The second-order valence-corrected chi connectivity index (χ2v) is 8.00. The van der Waals surface area contributed by atoms with Gasteiger partial charge >= 0.3 is 5.97 Å². The van der Waals surface area contributed by atoms with Gasteiger partial charge in [-0.3, -0.25) is 14.4 Å². The summed E-state index contributed by atoms with van der Waals surface area (Å²) in [6, 6.07) is 20.6. The Labute approximate surface area is 211 Å². The minimum absolute atomic E-state index is 0.0774. The van der Waals surface area contributed by atoms with Gasteiger partial charge in [0.1, 0.15) is 11.5 Å². The van der Waals surface area contributed by atoms with Gasteiger partial charge in [0.05, 0.1) is 22.4 Å². The molecule has 0 aliphatic rings. The van der Waals surface area contributed by atoms with Crippen LogP contribution in [-0.4, -0.2) is 36.3 Å². The van der Waals surface area contributed by atoms with Crippen molar-refractivity contribution in [3.05, 3.63) is 89.5 Å². The Morgan fingerprint density at radius 1 is 0.838 bits per heavy atom. The van der Waals surface area contributed by atoms with Crippen LogP contribution in [0.5, 0.6) is 17.2 Å². The molecule has 186 valence electrons. The molecular formula is C28H22N2O7. The molecule has 0 unspecified atom stereocenters. The van der Waals surface area contributed by atoms with E-state index in [0.29, 0.717) is 22.9 Å². The molecule has 0 heterocycles. The molecule has 0 atom stereocenters. The van der Waals surface area contributed by atoms with Gasteiger partial charge in [-0.15, -0.1) is 0 Å². The number of hydrogen-bond acceptors (Lipinski definition) is 7. The third kappa shape index (κ3) is 5.40. The molecule has 0 aromatic heterocycles. The number of carbonyl (C=O) groups is 4. The molecule has 0 bridgehead atoms. The monoisotopic (exact) mass is 498 g/mol. The molecule has 0 aliphatic carbocycles. The second-order valence-electron chi connectivity index (χ2n) is 8.00. The largest absolute Gasteiger partial charge is 0.478 e. The van der Waals surface area contributed by atoms with E-state index in [2.05, 4.69) is 10.6 Å². The number of Topliss-reactive ketones (excluding diaryl/α,β-unsaturated/α-hetero) is 1. The highest BCUT2D eigenvalue weighted by molar-refractivity contribution is 6.13. The van der Waals surface area contributed by atoms with Crippen LogP contribution in [0.15, 0.2) is 72.8 Å². The van der Waals surface area contributed by atoms with Crippen molar-refractivity contribution in [2.24, 2.45) is 0 Å². The van der Waals surface area contributed by atoms with E-state index in [9.17, 15) is 24.3 Å². The lowest BCUT2D eigenvalue weighted by molar-refractivity contribution is -0.120. The summed E-state index contributed by atoms with van der Waals surface area (Å²) in [5, 5.41) is 17.4. The molecule has 0 radical (unpaired) electrons. The lowest BCUT2D eigenvalue weighted by Crippen LogP contribution is -2.18. The van der Waals surface area contributed by atoms with Crippen LogP contribution in [0.4, 0.5) is 11.4 Å². The average Bonchev–Trinajstić information content (AvgIpc) is 2.89. The maximum Gasteiger partial charge on any atom is 0.336 e. The third-order valence-corrected chi connectivity index (χ3v) is 5.60. The lowest BCUT2D eigenvalue weighted by Gasteiger charge is -2.15. The molecule has 9 heteroatoms. The van der Waals surface area contributed by atoms with Crippen LogP contribution in [0.2, 0.25) is 0 Å². The van der Waals surface area contributed by atoms with Crippen LogP contribution in [0.3, 0.4) is 0 Å². The van der Waals surface area contributed by atoms with Gasteiger partial charge in [-0.1, -0.05) is 30.3 Å². The molecular weight excluding hydrogens is 476 g/mol. The highest BCUT2D eigenvalue weighted by atomic mass is 16.5. The van der Waals surface area contributed by atoms with E-state index in [1.807, 2.05) is 42.5 Å². The Kier molecular flexibility index (Phi) is 7.15. The zero-order chi connectivity index (χ0) is 26.5. The first-order valence-corrected chi connectivity index (χ1v) is 11.1. The fourth-order valence-corrected chi connectivity index (χ4v) is 3.82. The van der Waals surface area contributed by atoms with Gasteiger partial charge in [0.2, 0.25) is 0 Å². The van der Waals surface area contributed by atoms with Gasteiger partial charge in [0.15, 0.2) is 11.5 Å². The second kappa shape index (κ2) is 10.6. The summed E-state index contributed by atoms with van der Waals surface area (Å²) in [7, 11) is 1.70. The number of amides is 1. The van der Waals surface area contributed by atoms with Gasteiger partial charge in [-0.2, -0.15) is 0 Å². The van der Waals surface area contributed by atoms with E-state index in [-0.39, 0.29) is 23.3 Å². The van der Waals surface area contributed by atoms with Gasteiger partial charge in [0.25, 0.3) is 12.4 Å². The van der Waals surface area contributed by atoms with Crippen molar-refractivity contribution in [3.8, 4) is 17.2 Å². The highest BCUT2D eigenvalue weighted by Crippen LogP contribution is 2.33. The molecule has 4 aromatic carbocycles. The standard InChI is InChI=1S/C28H22N2O7/c1-16(32)21-13-22(23(28(34)35)14-26(21)36-15-31)27(33)30-19-8-10-25(24(12-19)29-2)37-20-9-7-17-5-3-4-6-18(17)11-20/h3-15,29H,1-2H3,(H,30,33)(H,34,35). The van der Waals surface area contributed by atoms with E-state index in [1.165, 1.54) is 6.92 Å². The minimum Gasteiger partial charge on any atom is -0.478 e. The van der Waals surface area contributed by atoms with Crippen LogP contribution in [-0.2, 0) is 4.79 Å². The SMILES string of the molecule is CNc1cc(NC(=O)c2cc(C(C)=O)c(OC=O)cc2C(=O)O)ccc1Oc1ccc2ccccc2c1. The number of fused-ring (bicyclic) bond motifs is 1. The van der Waals surface area contributed by atoms with Crippen molar-refractivity contribution >= 4 is 46.3 Å². The Morgan fingerprint density at radius 3 is 2.27 bits per heavy atom. The summed E-state index contributed by atoms with van der Waals surface area (Å²) in [4.78, 5) is 47.6. The number of anilines is 2. The normalized spacial score (nSPS) is 10.4. The van der Waals surface area contributed by atoms with E-state index in [4.69, 9.17) is 9.47 Å². The van der Waals surface area contributed by atoms with Gasteiger partial charge < -0.3 is 25.2 Å². The van der Waals surface area contributed by atoms with Crippen molar-refractivity contribution in [1.82, 2.24) is 0 Å². The molecule has 0 saturated heterocycles. The number of carboxylic acid groups (broad SMARTS) is 1. The first-order chi connectivity index (χ1) is 17.8. The van der Waals surface area contributed by atoms with Gasteiger partial charge in [0, 0.05) is 12.7 Å². The Balaban J connectivity index is 1.62. The number of rotatable bonds is 9. The first-order valence-electron chi connectivity index (χ1n) is 11.1. The Hall–Kier alpha value is -5.18. The van der Waals surface area contributed by atoms with Crippen molar-refractivity contribution in [2.45, 2.75) is 6.92 Å². The number of hydrogen-bond donors (Lipinski definition) is 3. The van der Waals surface area contributed by atoms with Crippen molar-refractivity contribution in [3.63, 3.8) is 0 Å². The predicted molar refractivity (Wildman–Crippen MR) is 138 cm³/mol. The maximum atomic E-state index is 13.0. The number of carbonyl (C=O) groups excluding carboxylic acids is 3. The number of benzene rings is 4. The zero-order valence-corrected chi connectivity index (χ0v) is 19.9. The van der Waals surface area contributed by atoms with E-state index in [0.717, 1.165) is 22.9 Å². The number of ketones is 1. The summed E-state index contributed by atoms with van der Waals surface area (Å²) in [6.07, 6.45) is 0. The number of nitrogens with one attached hydrogen (secondary N) is 2. The van der Waals surface area contributed by atoms with E-state index >= 15 is 0 Å². The lowest BCUT2D eigenvalue weighted by atomic mass is 10.00. The maximum absolute atomic E-state index is 13.0. The molecule has 37 heavy (non-hydrogen) atoms. The molecule has 4 aromatic rings. The topological polar surface area (TPSA) is 131 Å². The molecule has 1 amide bonds. The summed E-state index contributed by atoms with van der Waals surface area (Å²) < 4.78 is 10.8. The quantitative estimate of drug-likeness (QED) is 0.208. The van der Waals surface area contributed by atoms with E-state index in [1.54, 1.807) is 25.2 Å². The van der Waals surface area contributed by atoms with Crippen molar-refractivity contribution < 1.29 is 33.8 Å².